The van der Waals surface area contributed by atoms with E-state index in [0.717, 1.165) is 12.0 Å². The van der Waals surface area contributed by atoms with Gasteiger partial charge in [-0.25, -0.2) is 4.79 Å². The first-order chi connectivity index (χ1) is 9.79. The van der Waals surface area contributed by atoms with Crippen LogP contribution in [0, 0.1) is 0 Å². The number of likely N-dealkylation sites (tertiary alicyclic amines) is 1. The fraction of sp³-hybridized carbons (Fsp3) is 0.562. The van der Waals surface area contributed by atoms with E-state index in [1.54, 1.807) is 11.0 Å². The Hall–Kier alpha value is -1.26. The van der Waals surface area contributed by atoms with Crippen molar-refractivity contribution in [2.45, 2.75) is 51.4 Å². The fourth-order valence-corrected chi connectivity index (χ4v) is 2.84. The van der Waals surface area contributed by atoms with Crippen LogP contribution in [0.25, 0.3) is 0 Å². The van der Waals surface area contributed by atoms with Gasteiger partial charge in [-0.15, -0.1) is 0 Å². The molecule has 2 atom stereocenters. The molecule has 2 rings (SSSR count). The van der Waals surface area contributed by atoms with Crippen molar-refractivity contribution in [3.8, 4) is 0 Å². The molecule has 1 aliphatic rings. The van der Waals surface area contributed by atoms with E-state index in [2.05, 4.69) is 0 Å². The lowest BCUT2D eigenvalue weighted by molar-refractivity contribution is -0.0238. The second kappa shape index (κ2) is 6.24. The molecule has 1 aromatic rings. The highest BCUT2D eigenvalue weighted by atomic mass is 35.5. The van der Waals surface area contributed by atoms with Gasteiger partial charge in [0.15, 0.2) is 0 Å². The smallest absolute Gasteiger partial charge is 0.410 e. The summed E-state index contributed by atoms with van der Waals surface area (Å²) in [4.78, 5) is 14.0. The van der Waals surface area contributed by atoms with Crippen molar-refractivity contribution < 1.29 is 14.6 Å². The molecule has 1 N–H and O–H groups in total. The first kappa shape index (κ1) is 16.1. The van der Waals surface area contributed by atoms with E-state index in [4.69, 9.17) is 16.3 Å². The lowest BCUT2D eigenvalue weighted by atomic mass is 9.93. The molecule has 1 amide bonds. The van der Waals surface area contributed by atoms with Gasteiger partial charge in [0.25, 0.3) is 0 Å². The summed E-state index contributed by atoms with van der Waals surface area (Å²) in [5.74, 6) is 0. The predicted octanol–water partition coefficient (Wildman–Crippen LogP) is 3.77. The SMILES string of the molecule is CC(C)(C)OC(=O)N1CCCC(O)C1c1ccccc1Cl. The summed E-state index contributed by atoms with van der Waals surface area (Å²) in [7, 11) is 0. The minimum atomic E-state index is -0.633. The number of hydrogen-bond acceptors (Lipinski definition) is 3. The van der Waals surface area contributed by atoms with Gasteiger partial charge in [0.2, 0.25) is 0 Å². The van der Waals surface area contributed by atoms with Gasteiger partial charge < -0.3 is 9.84 Å². The first-order valence-corrected chi connectivity index (χ1v) is 7.59. The second-order valence-electron chi connectivity index (χ2n) is 6.35. The Bertz CT molecular complexity index is 512. The third-order valence-electron chi connectivity index (χ3n) is 3.45. The molecule has 1 aliphatic heterocycles. The molecule has 5 heteroatoms. The van der Waals surface area contributed by atoms with Gasteiger partial charge in [0.05, 0.1) is 12.1 Å². The molecule has 0 radical (unpaired) electrons. The van der Waals surface area contributed by atoms with Crippen LogP contribution >= 0.6 is 11.6 Å². The van der Waals surface area contributed by atoms with E-state index in [1.165, 1.54) is 0 Å². The van der Waals surface area contributed by atoms with Crippen LogP contribution in [0.1, 0.15) is 45.2 Å². The summed E-state index contributed by atoms with van der Waals surface area (Å²) < 4.78 is 5.45. The Morgan fingerprint density at radius 2 is 2.05 bits per heavy atom. The van der Waals surface area contributed by atoms with Crippen LogP contribution in [-0.4, -0.2) is 34.3 Å². The lowest BCUT2D eigenvalue weighted by Gasteiger charge is -2.40. The summed E-state index contributed by atoms with van der Waals surface area (Å²) in [6, 6.07) is 6.85. The van der Waals surface area contributed by atoms with Crippen LogP contribution in [0.15, 0.2) is 24.3 Å². The van der Waals surface area contributed by atoms with E-state index in [-0.39, 0.29) is 0 Å². The Morgan fingerprint density at radius 3 is 2.67 bits per heavy atom. The predicted molar refractivity (Wildman–Crippen MR) is 82.4 cm³/mol. The van der Waals surface area contributed by atoms with Crippen LogP contribution in [0.2, 0.25) is 5.02 Å². The maximum absolute atomic E-state index is 12.4. The number of ether oxygens (including phenoxy) is 1. The number of hydrogen-bond donors (Lipinski definition) is 1. The third-order valence-corrected chi connectivity index (χ3v) is 3.80. The largest absolute Gasteiger partial charge is 0.444 e. The molecule has 4 nitrogen and oxygen atoms in total. The molecular formula is C16H22ClNO3. The summed E-state index contributed by atoms with van der Waals surface area (Å²) >= 11 is 6.24. The molecule has 0 aliphatic carbocycles. The van der Waals surface area contributed by atoms with E-state index in [1.807, 2.05) is 39.0 Å². The highest BCUT2D eigenvalue weighted by molar-refractivity contribution is 6.31. The number of halogens is 1. The zero-order valence-electron chi connectivity index (χ0n) is 12.7. The van der Waals surface area contributed by atoms with Crippen molar-refractivity contribution >= 4 is 17.7 Å². The topological polar surface area (TPSA) is 49.8 Å². The average Bonchev–Trinajstić information content (AvgIpc) is 2.37. The highest BCUT2D eigenvalue weighted by Gasteiger charge is 2.37. The molecule has 2 unspecified atom stereocenters. The van der Waals surface area contributed by atoms with Gasteiger partial charge in [-0.3, -0.25) is 4.90 Å². The molecule has 0 spiro atoms. The van der Waals surface area contributed by atoms with Crippen molar-refractivity contribution in [2.24, 2.45) is 0 Å². The number of piperidine rings is 1. The Morgan fingerprint density at radius 1 is 1.38 bits per heavy atom. The van der Waals surface area contributed by atoms with Crippen LogP contribution in [0.4, 0.5) is 4.79 Å². The summed E-state index contributed by atoms with van der Waals surface area (Å²) in [5, 5.41) is 10.9. The van der Waals surface area contributed by atoms with Crippen LogP contribution < -0.4 is 0 Å². The zero-order chi connectivity index (χ0) is 15.6. The average molecular weight is 312 g/mol. The molecule has 0 aromatic heterocycles. The zero-order valence-corrected chi connectivity index (χ0v) is 13.4. The van der Waals surface area contributed by atoms with Crippen molar-refractivity contribution in [3.05, 3.63) is 34.9 Å². The first-order valence-electron chi connectivity index (χ1n) is 7.22. The summed E-state index contributed by atoms with van der Waals surface area (Å²) in [6.45, 7) is 6.04. The third kappa shape index (κ3) is 3.89. The maximum Gasteiger partial charge on any atom is 0.410 e. The quantitative estimate of drug-likeness (QED) is 0.859. The van der Waals surface area contributed by atoms with Gasteiger partial charge in [-0.2, -0.15) is 0 Å². The van der Waals surface area contributed by atoms with Gasteiger partial charge >= 0.3 is 6.09 Å². The molecule has 1 heterocycles. The second-order valence-corrected chi connectivity index (χ2v) is 6.76. The van der Waals surface area contributed by atoms with Crippen LogP contribution in [0.3, 0.4) is 0 Å². The van der Waals surface area contributed by atoms with Crippen molar-refractivity contribution in [2.75, 3.05) is 6.54 Å². The number of nitrogens with zero attached hydrogens (tertiary/aromatic N) is 1. The molecule has 1 saturated heterocycles. The van der Waals surface area contributed by atoms with Gasteiger partial charge in [-0.1, -0.05) is 29.8 Å². The number of amides is 1. The van der Waals surface area contributed by atoms with Crippen molar-refractivity contribution in [1.29, 1.82) is 0 Å². The number of carbonyl (C=O) groups excluding carboxylic acids is 1. The number of aliphatic hydroxyl groups is 1. The minimum Gasteiger partial charge on any atom is -0.444 e. The van der Waals surface area contributed by atoms with Crippen LogP contribution in [0.5, 0.6) is 0 Å². The Labute approximate surface area is 130 Å². The Kier molecular flexibility index (Phi) is 4.79. The monoisotopic (exact) mass is 311 g/mol. The highest BCUT2D eigenvalue weighted by Crippen LogP contribution is 2.35. The number of rotatable bonds is 1. The molecule has 1 aromatic carbocycles. The van der Waals surface area contributed by atoms with Gasteiger partial charge in [0.1, 0.15) is 5.60 Å². The molecule has 1 fully saturated rings. The van der Waals surface area contributed by atoms with Gasteiger partial charge in [-0.05, 0) is 45.2 Å². The van der Waals surface area contributed by atoms with E-state index >= 15 is 0 Å². The number of aliphatic hydroxyl groups excluding tert-OH is 1. The molecule has 21 heavy (non-hydrogen) atoms. The van der Waals surface area contributed by atoms with E-state index in [0.29, 0.717) is 18.0 Å². The molecule has 0 saturated carbocycles. The standard InChI is InChI=1S/C16H22ClNO3/c1-16(2,3)21-15(20)18-10-6-9-13(19)14(18)11-7-4-5-8-12(11)17/h4-5,7-8,13-14,19H,6,9-10H2,1-3H3. The Balaban J connectivity index is 2.30. The number of carbonyl (C=O) groups is 1. The molecule has 0 bridgehead atoms. The van der Waals surface area contributed by atoms with E-state index in [9.17, 15) is 9.90 Å². The lowest BCUT2D eigenvalue weighted by Crippen LogP contribution is -2.47. The summed E-state index contributed by atoms with van der Waals surface area (Å²) in [5.41, 5.74) is 0.196. The minimum absolute atomic E-state index is 0.411. The molecule has 116 valence electrons. The fourth-order valence-electron chi connectivity index (χ4n) is 2.59. The van der Waals surface area contributed by atoms with Gasteiger partial charge in [0, 0.05) is 11.6 Å². The van der Waals surface area contributed by atoms with Crippen molar-refractivity contribution in [3.63, 3.8) is 0 Å². The normalized spacial score (nSPS) is 23.0. The van der Waals surface area contributed by atoms with Crippen molar-refractivity contribution in [1.82, 2.24) is 4.90 Å². The summed E-state index contributed by atoms with van der Waals surface area (Å²) in [6.07, 6.45) is 0.355. The van der Waals surface area contributed by atoms with Crippen LogP contribution in [-0.2, 0) is 4.74 Å². The van der Waals surface area contributed by atoms with E-state index < -0.39 is 23.8 Å². The number of benzene rings is 1. The molecular weight excluding hydrogens is 290 g/mol. The maximum atomic E-state index is 12.4.